The number of hydrogen-bond acceptors (Lipinski definition) is 3. The van der Waals surface area contributed by atoms with Gasteiger partial charge in [-0.1, -0.05) is 6.42 Å². The Bertz CT molecular complexity index is 561. The summed E-state index contributed by atoms with van der Waals surface area (Å²) in [5, 5.41) is 2.59. The first-order valence-corrected chi connectivity index (χ1v) is 7.71. The fourth-order valence-electron chi connectivity index (χ4n) is 2.97. The van der Waals surface area contributed by atoms with E-state index in [1.807, 2.05) is 0 Å². The number of nitrogens with one attached hydrogen (secondary N) is 1. The van der Waals surface area contributed by atoms with Crippen LogP contribution in [-0.4, -0.2) is 19.1 Å². The number of carbonyl (C=O) groups excluding carboxylic acids is 1. The van der Waals surface area contributed by atoms with E-state index in [0.717, 1.165) is 25.0 Å². The smallest absolute Gasteiger partial charge is 0.416 e. The van der Waals surface area contributed by atoms with Crippen LogP contribution >= 0.6 is 0 Å². The molecule has 1 saturated carbocycles. The average Bonchev–Trinajstić information content (AvgIpc) is 2.96. The van der Waals surface area contributed by atoms with Gasteiger partial charge in [-0.15, -0.1) is 0 Å². The molecule has 0 unspecified atom stereocenters. The summed E-state index contributed by atoms with van der Waals surface area (Å²) < 4.78 is 43.9. The first-order chi connectivity index (χ1) is 10.9. The van der Waals surface area contributed by atoms with Crippen molar-refractivity contribution in [2.24, 2.45) is 17.6 Å². The van der Waals surface area contributed by atoms with Gasteiger partial charge in [0.2, 0.25) is 5.91 Å². The molecule has 0 spiro atoms. The first-order valence-electron chi connectivity index (χ1n) is 7.71. The summed E-state index contributed by atoms with van der Waals surface area (Å²) in [4.78, 5) is 12.4. The molecule has 1 fully saturated rings. The molecule has 0 saturated heterocycles. The summed E-state index contributed by atoms with van der Waals surface area (Å²) in [5.41, 5.74) is 4.89. The molecule has 0 radical (unpaired) electrons. The lowest BCUT2D eigenvalue weighted by Gasteiger charge is -2.19. The van der Waals surface area contributed by atoms with Crippen LogP contribution in [0.15, 0.2) is 18.2 Å². The first kappa shape index (κ1) is 17.6. The van der Waals surface area contributed by atoms with Gasteiger partial charge in [-0.05, 0) is 50.4 Å². The molecular formula is C16H21F3N2O2. The van der Waals surface area contributed by atoms with E-state index >= 15 is 0 Å². The van der Waals surface area contributed by atoms with Crippen molar-refractivity contribution in [3.05, 3.63) is 23.8 Å². The van der Waals surface area contributed by atoms with Crippen LogP contribution < -0.4 is 15.8 Å². The van der Waals surface area contributed by atoms with E-state index in [0.29, 0.717) is 19.6 Å². The maximum Gasteiger partial charge on any atom is 0.416 e. The molecule has 0 bridgehead atoms. The predicted octanol–water partition coefficient (Wildman–Crippen LogP) is 3.42. The van der Waals surface area contributed by atoms with Crippen molar-refractivity contribution in [3.8, 4) is 5.75 Å². The Morgan fingerprint density at radius 1 is 1.39 bits per heavy atom. The minimum Gasteiger partial charge on any atom is -0.492 e. The van der Waals surface area contributed by atoms with Gasteiger partial charge in [0, 0.05) is 5.92 Å². The number of alkyl halides is 3. The number of anilines is 1. The Labute approximate surface area is 133 Å². The van der Waals surface area contributed by atoms with E-state index < -0.39 is 11.7 Å². The molecule has 1 aliphatic carbocycles. The van der Waals surface area contributed by atoms with Gasteiger partial charge in [0.05, 0.1) is 17.9 Å². The Kier molecular flexibility index (Phi) is 5.51. The van der Waals surface area contributed by atoms with Crippen molar-refractivity contribution in [1.29, 1.82) is 0 Å². The number of nitrogens with two attached hydrogens (primary N) is 1. The number of halogens is 3. The molecule has 23 heavy (non-hydrogen) atoms. The maximum absolute atomic E-state index is 12.9. The predicted molar refractivity (Wildman–Crippen MR) is 81.1 cm³/mol. The van der Waals surface area contributed by atoms with Crippen LogP contribution in [0.5, 0.6) is 5.75 Å². The fourth-order valence-corrected chi connectivity index (χ4v) is 2.97. The van der Waals surface area contributed by atoms with Crippen molar-refractivity contribution in [2.75, 3.05) is 18.5 Å². The topological polar surface area (TPSA) is 64.3 Å². The van der Waals surface area contributed by atoms with Crippen LogP contribution in [0.1, 0.15) is 31.7 Å². The number of hydrogen-bond donors (Lipinski definition) is 2. The highest BCUT2D eigenvalue weighted by Gasteiger charge is 2.34. The van der Waals surface area contributed by atoms with E-state index in [-0.39, 0.29) is 29.2 Å². The number of carbonyl (C=O) groups is 1. The van der Waals surface area contributed by atoms with E-state index in [9.17, 15) is 18.0 Å². The molecule has 3 N–H and O–H groups in total. The van der Waals surface area contributed by atoms with Gasteiger partial charge in [-0.25, -0.2) is 0 Å². The Morgan fingerprint density at radius 2 is 2.13 bits per heavy atom. The third-order valence-corrected chi connectivity index (χ3v) is 4.16. The van der Waals surface area contributed by atoms with E-state index in [2.05, 4.69) is 5.32 Å². The Balaban J connectivity index is 2.24. The van der Waals surface area contributed by atoms with Gasteiger partial charge in [0.1, 0.15) is 5.75 Å². The molecule has 1 aromatic carbocycles. The van der Waals surface area contributed by atoms with Crippen LogP contribution in [0.3, 0.4) is 0 Å². The summed E-state index contributed by atoms with van der Waals surface area (Å²) in [6, 6.07) is 3.09. The second kappa shape index (κ2) is 7.21. The van der Waals surface area contributed by atoms with Crippen molar-refractivity contribution in [1.82, 2.24) is 0 Å². The largest absolute Gasteiger partial charge is 0.492 e. The second-order valence-electron chi connectivity index (χ2n) is 5.66. The normalized spacial score (nSPS) is 21.3. The van der Waals surface area contributed by atoms with Crippen LogP contribution in [0.4, 0.5) is 18.9 Å². The zero-order valence-electron chi connectivity index (χ0n) is 13.0. The quantitative estimate of drug-likeness (QED) is 0.869. The zero-order valence-corrected chi connectivity index (χ0v) is 13.0. The molecule has 2 atom stereocenters. The molecule has 1 amide bonds. The van der Waals surface area contributed by atoms with E-state index in [4.69, 9.17) is 10.5 Å². The molecule has 4 nitrogen and oxygen atoms in total. The summed E-state index contributed by atoms with van der Waals surface area (Å²) in [5.74, 6) is -0.241. The van der Waals surface area contributed by atoms with Crippen LogP contribution in [-0.2, 0) is 11.0 Å². The summed E-state index contributed by atoms with van der Waals surface area (Å²) in [7, 11) is 0. The lowest BCUT2D eigenvalue weighted by atomic mass is 9.95. The minimum absolute atomic E-state index is 0.0503. The number of amides is 1. The highest BCUT2D eigenvalue weighted by atomic mass is 19.4. The van der Waals surface area contributed by atoms with Gasteiger partial charge in [0.15, 0.2) is 0 Å². The van der Waals surface area contributed by atoms with E-state index in [1.54, 1.807) is 6.92 Å². The Morgan fingerprint density at radius 3 is 2.74 bits per heavy atom. The van der Waals surface area contributed by atoms with Gasteiger partial charge >= 0.3 is 6.18 Å². The fraction of sp³-hybridized carbons (Fsp3) is 0.562. The number of benzene rings is 1. The van der Waals surface area contributed by atoms with Gasteiger partial charge in [-0.3, -0.25) is 4.79 Å². The molecular weight excluding hydrogens is 309 g/mol. The van der Waals surface area contributed by atoms with Crippen molar-refractivity contribution in [2.45, 2.75) is 32.4 Å². The van der Waals surface area contributed by atoms with Gasteiger partial charge < -0.3 is 15.8 Å². The standard InChI is InChI=1S/C16H21F3N2O2/c1-2-23-14-7-6-11(16(17,18)19)8-13(14)21-15(22)12-5-3-4-10(12)9-20/h6-8,10,12H,2-5,9,20H2,1H3,(H,21,22)/t10-,12-/m1/s1. The highest BCUT2D eigenvalue weighted by Crippen LogP contribution is 2.37. The molecule has 0 aliphatic heterocycles. The van der Waals surface area contributed by atoms with Gasteiger partial charge in [0.25, 0.3) is 0 Å². The van der Waals surface area contributed by atoms with Crippen molar-refractivity contribution < 1.29 is 22.7 Å². The molecule has 128 valence electrons. The molecule has 1 aliphatic rings. The van der Waals surface area contributed by atoms with Crippen LogP contribution in [0, 0.1) is 11.8 Å². The summed E-state index contributed by atoms with van der Waals surface area (Å²) in [6.45, 7) is 2.42. The zero-order chi connectivity index (χ0) is 17.0. The average molecular weight is 330 g/mol. The van der Waals surface area contributed by atoms with Crippen LogP contribution in [0.25, 0.3) is 0 Å². The lowest BCUT2D eigenvalue weighted by Crippen LogP contribution is -2.30. The number of rotatable bonds is 5. The second-order valence-corrected chi connectivity index (χ2v) is 5.66. The molecule has 1 aromatic rings. The highest BCUT2D eigenvalue weighted by molar-refractivity contribution is 5.94. The minimum atomic E-state index is -4.47. The molecule has 7 heteroatoms. The molecule has 0 aromatic heterocycles. The number of ether oxygens (including phenoxy) is 1. The maximum atomic E-state index is 12.9. The monoisotopic (exact) mass is 330 g/mol. The van der Waals surface area contributed by atoms with Crippen LogP contribution in [0.2, 0.25) is 0 Å². The van der Waals surface area contributed by atoms with E-state index in [1.165, 1.54) is 6.07 Å². The van der Waals surface area contributed by atoms with Gasteiger partial charge in [-0.2, -0.15) is 13.2 Å². The molecule has 2 rings (SSSR count). The Hall–Kier alpha value is -1.76. The third-order valence-electron chi connectivity index (χ3n) is 4.16. The van der Waals surface area contributed by atoms with Crippen molar-refractivity contribution >= 4 is 11.6 Å². The third kappa shape index (κ3) is 4.16. The summed E-state index contributed by atoms with van der Waals surface area (Å²) >= 11 is 0. The summed E-state index contributed by atoms with van der Waals surface area (Å²) in [6.07, 6.45) is -2.00. The SMILES string of the molecule is CCOc1ccc(C(F)(F)F)cc1NC(=O)[C@@H]1CCC[C@@H]1CN. The molecule has 0 heterocycles. The van der Waals surface area contributed by atoms with Crippen molar-refractivity contribution in [3.63, 3.8) is 0 Å². The lowest BCUT2D eigenvalue weighted by molar-refractivity contribution is -0.137.